The molecule has 104 valence electrons. The SMILES string of the molecule is CCCCC(CC)CNCC(CC)(CC)CO. The number of aliphatic hydroxyl groups is 1. The van der Waals surface area contributed by atoms with E-state index in [0.717, 1.165) is 31.8 Å². The molecule has 0 spiro atoms. The van der Waals surface area contributed by atoms with Crippen molar-refractivity contribution < 1.29 is 5.11 Å². The third-order valence-corrected chi connectivity index (χ3v) is 4.31. The lowest BCUT2D eigenvalue weighted by atomic mass is 9.83. The molecule has 1 atom stereocenters. The molecule has 0 radical (unpaired) electrons. The highest BCUT2D eigenvalue weighted by molar-refractivity contribution is 4.78. The van der Waals surface area contributed by atoms with E-state index < -0.39 is 0 Å². The van der Waals surface area contributed by atoms with Crippen LogP contribution in [0.5, 0.6) is 0 Å². The molecule has 17 heavy (non-hydrogen) atoms. The van der Waals surface area contributed by atoms with Crippen LogP contribution in [0.1, 0.15) is 66.2 Å². The largest absolute Gasteiger partial charge is 0.396 e. The van der Waals surface area contributed by atoms with E-state index in [1.807, 2.05) is 0 Å². The summed E-state index contributed by atoms with van der Waals surface area (Å²) in [5.74, 6) is 0.806. The highest BCUT2D eigenvalue weighted by Crippen LogP contribution is 2.24. The monoisotopic (exact) mass is 243 g/mol. The fraction of sp³-hybridized carbons (Fsp3) is 1.00. The number of hydrogen-bond donors (Lipinski definition) is 2. The Morgan fingerprint density at radius 1 is 1.12 bits per heavy atom. The molecule has 0 rings (SSSR count). The number of nitrogens with one attached hydrogen (secondary N) is 1. The molecule has 2 nitrogen and oxygen atoms in total. The van der Waals surface area contributed by atoms with Crippen LogP contribution < -0.4 is 5.32 Å². The summed E-state index contributed by atoms with van der Waals surface area (Å²) in [7, 11) is 0. The predicted molar refractivity (Wildman–Crippen MR) is 76.3 cm³/mol. The minimum atomic E-state index is 0.100. The zero-order chi connectivity index (χ0) is 13.1. The minimum absolute atomic E-state index is 0.100. The average molecular weight is 243 g/mol. The van der Waals surface area contributed by atoms with Crippen molar-refractivity contribution in [3.05, 3.63) is 0 Å². The van der Waals surface area contributed by atoms with Crippen molar-refractivity contribution in [3.8, 4) is 0 Å². The average Bonchev–Trinajstić information content (AvgIpc) is 2.39. The maximum atomic E-state index is 9.50. The van der Waals surface area contributed by atoms with Crippen LogP contribution in [0.3, 0.4) is 0 Å². The summed E-state index contributed by atoms with van der Waals surface area (Å²) in [6, 6.07) is 0. The van der Waals surface area contributed by atoms with E-state index in [-0.39, 0.29) is 5.41 Å². The number of rotatable bonds is 11. The predicted octanol–water partition coefficient (Wildman–Crippen LogP) is 3.59. The zero-order valence-corrected chi connectivity index (χ0v) is 12.4. The summed E-state index contributed by atoms with van der Waals surface area (Å²) in [5, 5.41) is 13.1. The van der Waals surface area contributed by atoms with E-state index in [1.54, 1.807) is 0 Å². The third-order valence-electron chi connectivity index (χ3n) is 4.31. The van der Waals surface area contributed by atoms with Gasteiger partial charge in [0.2, 0.25) is 0 Å². The summed E-state index contributed by atoms with van der Waals surface area (Å²) in [5.41, 5.74) is 0.100. The molecule has 2 N–H and O–H groups in total. The second kappa shape index (κ2) is 9.90. The molecular formula is C15H33NO. The summed E-state index contributed by atoms with van der Waals surface area (Å²) >= 11 is 0. The first-order valence-electron chi connectivity index (χ1n) is 7.49. The van der Waals surface area contributed by atoms with Gasteiger partial charge < -0.3 is 10.4 Å². The summed E-state index contributed by atoms with van der Waals surface area (Å²) in [6.45, 7) is 11.3. The Morgan fingerprint density at radius 2 is 1.76 bits per heavy atom. The summed E-state index contributed by atoms with van der Waals surface area (Å²) < 4.78 is 0. The molecule has 0 fully saturated rings. The van der Waals surface area contributed by atoms with E-state index >= 15 is 0 Å². The molecule has 0 heterocycles. The van der Waals surface area contributed by atoms with E-state index in [4.69, 9.17) is 0 Å². The standard InChI is InChI=1S/C15H33NO/c1-5-9-10-14(6-2)11-16-12-15(7-3,8-4)13-17/h14,16-17H,5-13H2,1-4H3. The molecule has 0 aliphatic carbocycles. The Morgan fingerprint density at radius 3 is 2.18 bits per heavy atom. The second-order valence-electron chi connectivity index (χ2n) is 5.41. The van der Waals surface area contributed by atoms with Gasteiger partial charge in [-0.15, -0.1) is 0 Å². The van der Waals surface area contributed by atoms with Gasteiger partial charge in [0.05, 0.1) is 0 Å². The quantitative estimate of drug-likeness (QED) is 0.581. The molecule has 0 aromatic heterocycles. The van der Waals surface area contributed by atoms with Gasteiger partial charge in [-0.25, -0.2) is 0 Å². The first-order chi connectivity index (χ1) is 8.17. The summed E-state index contributed by atoms with van der Waals surface area (Å²) in [6.07, 6.45) is 7.34. The van der Waals surface area contributed by atoms with Crippen LogP contribution in [0.25, 0.3) is 0 Å². The molecule has 0 aliphatic heterocycles. The number of hydrogen-bond acceptors (Lipinski definition) is 2. The van der Waals surface area contributed by atoms with E-state index in [1.165, 1.54) is 25.7 Å². The van der Waals surface area contributed by atoms with Crippen LogP contribution >= 0.6 is 0 Å². The van der Waals surface area contributed by atoms with Gasteiger partial charge in [0.15, 0.2) is 0 Å². The Labute approximate surface area is 108 Å². The molecule has 2 heteroatoms. The van der Waals surface area contributed by atoms with E-state index in [0.29, 0.717) is 6.61 Å². The van der Waals surface area contributed by atoms with Crippen LogP contribution in [0.2, 0.25) is 0 Å². The van der Waals surface area contributed by atoms with Gasteiger partial charge in [0.1, 0.15) is 0 Å². The first-order valence-corrected chi connectivity index (χ1v) is 7.49. The molecular weight excluding hydrogens is 210 g/mol. The van der Waals surface area contributed by atoms with Gasteiger partial charge in [0.25, 0.3) is 0 Å². The molecule has 0 aromatic carbocycles. The fourth-order valence-corrected chi connectivity index (χ4v) is 2.26. The van der Waals surface area contributed by atoms with Crippen molar-refractivity contribution in [1.29, 1.82) is 0 Å². The third kappa shape index (κ3) is 6.42. The fourth-order valence-electron chi connectivity index (χ4n) is 2.26. The second-order valence-corrected chi connectivity index (χ2v) is 5.41. The van der Waals surface area contributed by atoms with Gasteiger partial charge in [-0.2, -0.15) is 0 Å². The zero-order valence-electron chi connectivity index (χ0n) is 12.4. The minimum Gasteiger partial charge on any atom is -0.396 e. The van der Waals surface area contributed by atoms with Crippen LogP contribution in [-0.2, 0) is 0 Å². The van der Waals surface area contributed by atoms with Crippen molar-refractivity contribution in [2.24, 2.45) is 11.3 Å². The van der Waals surface area contributed by atoms with E-state index in [2.05, 4.69) is 33.0 Å². The molecule has 0 saturated carbocycles. The maximum absolute atomic E-state index is 9.50. The molecule has 0 bridgehead atoms. The lowest BCUT2D eigenvalue weighted by Gasteiger charge is -2.30. The maximum Gasteiger partial charge on any atom is 0.0499 e. The van der Waals surface area contributed by atoms with Crippen molar-refractivity contribution in [2.75, 3.05) is 19.7 Å². The van der Waals surface area contributed by atoms with E-state index in [9.17, 15) is 5.11 Å². The smallest absolute Gasteiger partial charge is 0.0499 e. The highest BCUT2D eigenvalue weighted by Gasteiger charge is 2.24. The normalized spacial score (nSPS) is 13.9. The van der Waals surface area contributed by atoms with Gasteiger partial charge in [-0.1, -0.05) is 47.0 Å². The Bertz CT molecular complexity index is 158. The number of aliphatic hydroxyl groups excluding tert-OH is 1. The van der Waals surface area contributed by atoms with Crippen molar-refractivity contribution in [2.45, 2.75) is 66.2 Å². The van der Waals surface area contributed by atoms with Gasteiger partial charge in [-0.3, -0.25) is 0 Å². The van der Waals surface area contributed by atoms with Crippen LogP contribution in [-0.4, -0.2) is 24.8 Å². The van der Waals surface area contributed by atoms with Crippen molar-refractivity contribution in [3.63, 3.8) is 0 Å². The molecule has 0 amide bonds. The molecule has 0 aromatic rings. The Hall–Kier alpha value is -0.0800. The summed E-state index contributed by atoms with van der Waals surface area (Å²) in [4.78, 5) is 0. The van der Waals surface area contributed by atoms with Crippen LogP contribution in [0, 0.1) is 11.3 Å². The molecule has 0 aliphatic rings. The highest BCUT2D eigenvalue weighted by atomic mass is 16.3. The van der Waals surface area contributed by atoms with Gasteiger partial charge in [-0.05, 0) is 31.7 Å². The van der Waals surface area contributed by atoms with Gasteiger partial charge in [0, 0.05) is 18.6 Å². The molecule has 0 saturated heterocycles. The van der Waals surface area contributed by atoms with Crippen molar-refractivity contribution in [1.82, 2.24) is 5.32 Å². The lowest BCUT2D eigenvalue weighted by molar-refractivity contribution is 0.111. The first kappa shape index (κ1) is 16.9. The topological polar surface area (TPSA) is 32.3 Å². The Kier molecular flexibility index (Phi) is 9.85. The Balaban J connectivity index is 3.92. The van der Waals surface area contributed by atoms with Gasteiger partial charge >= 0.3 is 0 Å². The van der Waals surface area contributed by atoms with Crippen LogP contribution in [0.4, 0.5) is 0 Å². The lowest BCUT2D eigenvalue weighted by Crippen LogP contribution is -2.38. The van der Waals surface area contributed by atoms with Crippen LogP contribution in [0.15, 0.2) is 0 Å². The molecule has 1 unspecified atom stereocenters. The van der Waals surface area contributed by atoms with Crippen molar-refractivity contribution >= 4 is 0 Å². The number of unbranched alkanes of at least 4 members (excludes halogenated alkanes) is 1.